The molecule has 0 radical (unpaired) electrons. The van der Waals surface area contributed by atoms with E-state index >= 15 is 0 Å². The first-order valence-corrected chi connectivity index (χ1v) is 13.8. The molecule has 2 aliphatic rings. The second-order valence-corrected chi connectivity index (χ2v) is 12.0. The summed E-state index contributed by atoms with van der Waals surface area (Å²) in [7, 11) is -7.65. The molecule has 14 heteroatoms. The number of carboxylic acids is 1. The summed E-state index contributed by atoms with van der Waals surface area (Å²) in [5.41, 5.74) is 5.18. The number of carboxylic acid groups (broad SMARTS) is 1. The molecular weight excluding hydrogens is 520 g/mol. The Hall–Kier alpha value is -2.94. The number of primary amides is 1. The number of benzene rings is 2. The number of carbonyl (C=O) groups excluding carboxylic acids is 1. The number of carbonyl (C=O) groups is 2. The van der Waals surface area contributed by atoms with E-state index < -0.39 is 55.6 Å². The minimum Gasteiger partial charge on any atom is -0.480 e. The summed E-state index contributed by atoms with van der Waals surface area (Å²) in [5, 5.41) is 8.97. The van der Waals surface area contributed by atoms with Crippen molar-refractivity contribution in [3.05, 3.63) is 60.2 Å². The third kappa shape index (κ3) is 5.88. The molecule has 0 unspecified atom stereocenters. The number of sulfonamides is 2. The van der Waals surface area contributed by atoms with E-state index in [2.05, 4.69) is 0 Å². The monoisotopic (exact) mass is 545 g/mol. The van der Waals surface area contributed by atoms with Gasteiger partial charge in [0.1, 0.15) is 23.7 Å². The number of nitrogens with two attached hydrogens (primary N) is 1. The molecule has 4 rings (SSSR count). The van der Waals surface area contributed by atoms with E-state index in [4.69, 9.17) is 10.8 Å². The molecule has 196 valence electrons. The molecule has 2 heterocycles. The van der Waals surface area contributed by atoms with Crippen LogP contribution in [0.1, 0.15) is 25.7 Å². The Morgan fingerprint density at radius 3 is 1.47 bits per heavy atom. The minimum absolute atomic E-state index is 0.0305. The first-order chi connectivity index (χ1) is 16.9. The quantitative estimate of drug-likeness (QED) is 0.558. The first-order valence-electron chi connectivity index (χ1n) is 10.9. The lowest BCUT2D eigenvalue weighted by Gasteiger charge is -2.21. The number of rotatable bonds is 6. The highest BCUT2D eigenvalue weighted by molar-refractivity contribution is 7.89. The number of nitrogens with zero attached hydrogens (tertiary/aromatic N) is 2. The van der Waals surface area contributed by atoms with Crippen LogP contribution < -0.4 is 5.73 Å². The molecule has 0 saturated carbocycles. The van der Waals surface area contributed by atoms with Gasteiger partial charge < -0.3 is 10.8 Å². The topological polar surface area (TPSA) is 155 Å². The summed E-state index contributed by atoms with van der Waals surface area (Å²) < 4.78 is 76.5. The molecule has 2 saturated heterocycles. The summed E-state index contributed by atoms with van der Waals surface area (Å²) in [6.07, 6.45) is 1.83. The molecule has 0 bridgehead atoms. The number of hydrogen-bond acceptors (Lipinski definition) is 6. The highest BCUT2D eigenvalue weighted by atomic mass is 32.2. The molecule has 0 aliphatic carbocycles. The fourth-order valence-corrected chi connectivity index (χ4v) is 7.39. The van der Waals surface area contributed by atoms with Gasteiger partial charge in [-0.25, -0.2) is 25.6 Å². The maximum atomic E-state index is 12.8. The molecule has 10 nitrogen and oxygen atoms in total. The second kappa shape index (κ2) is 11.0. The Balaban J connectivity index is 0.000000201. The Kier molecular flexibility index (Phi) is 8.44. The average Bonchev–Trinajstić information content (AvgIpc) is 3.51. The molecule has 0 spiro atoms. The summed E-state index contributed by atoms with van der Waals surface area (Å²) >= 11 is 0. The zero-order valence-electron chi connectivity index (χ0n) is 19.0. The van der Waals surface area contributed by atoms with Crippen molar-refractivity contribution in [2.24, 2.45) is 5.73 Å². The van der Waals surface area contributed by atoms with Gasteiger partial charge in [0.15, 0.2) is 0 Å². The van der Waals surface area contributed by atoms with Crippen molar-refractivity contribution in [3.8, 4) is 0 Å². The third-order valence-electron chi connectivity index (χ3n) is 5.86. The van der Waals surface area contributed by atoms with E-state index in [1.165, 1.54) is 12.1 Å². The second-order valence-electron chi connectivity index (χ2n) is 8.20. The van der Waals surface area contributed by atoms with Crippen LogP contribution in [-0.2, 0) is 29.6 Å². The Morgan fingerprint density at radius 2 is 1.11 bits per heavy atom. The molecule has 0 aromatic heterocycles. The smallest absolute Gasteiger partial charge is 0.322 e. The van der Waals surface area contributed by atoms with Crippen LogP contribution in [0.4, 0.5) is 8.78 Å². The van der Waals surface area contributed by atoms with Crippen molar-refractivity contribution < 1.29 is 40.3 Å². The molecule has 3 N–H and O–H groups in total. The van der Waals surface area contributed by atoms with Crippen molar-refractivity contribution in [2.45, 2.75) is 47.6 Å². The van der Waals surface area contributed by atoms with Crippen LogP contribution >= 0.6 is 0 Å². The fraction of sp³-hybridized carbons (Fsp3) is 0.364. The van der Waals surface area contributed by atoms with Crippen LogP contribution in [0, 0.1) is 11.6 Å². The summed E-state index contributed by atoms with van der Waals surface area (Å²) in [4.78, 5) is 22.1. The fourth-order valence-electron chi connectivity index (χ4n) is 4.07. The summed E-state index contributed by atoms with van der Waals surface area (Å²) in [6, 6.07) is 7.04. The van der Waals surface area contributed by atoms with Gasteiger partial charge in [-0.1, -0.05) is 0 Å². The van der Waals surface area contributed by atoms with Crippen LogP contribution in [0.5, 0.6) is 0 Å². The molecule has 2 aliphatic heterocycles. The van der Waals surface area contributed by atoms with Gasteiger partial charge in [-0.2, -0.15) is 8.61 Å². The van der Waals surface area contributed by atoms with Gasteiger partial charge >= 0.3 is 5.97 Å². The first kappa shape index (κ1) is 27.6. The Morgan fingerprint density at radius 1 is 0.750 bits per heavy atom. The maximum absolute atomic E-state index is 12.8. The van der Waals surface area contributed by atoms with Crippen LogP contribution in [0.2, 0.25) is 0 Å². The normalized spacial score (nSPS) is 21.1. The molecule has 36 heavy (non-hydrogen) atoms. The van der Waals surface area contributed by atoms with E-state index in [1.807, 2.05) is 0 Å². The van der Waals surface area contributed by atoms with E-state index in [-0.39, 0.29) is 22.9 Å². The van der Waals surface area contributed by atoms with Crippen LogP contribution in [-0.4, -0.2) is 67.6 Å². The Bertz CT molecular complexity index is 1210. The van der Waals surface area contributed by atoms with Crippen LogP contribution in [0.25, 0.3) is 0 Å². The van der Waals surface area contributed by atoms with E-state index in [9.17, 15) is 35.2 Å². The van der Waals surface area contributed by atoms with E-state index in [1.54, 1.807) is 0 Å². The minimum atomic E-state index is -3.86. The van der Waals surface area contributed by atoms with Gasteiger partial charge in [-0.05, 0) is 74.2 Å². The lowest BCUT2D eigenvalue weighted by Crippen LogP contribution is -2.43. The maximum Gasteiger partial charge on any atom is 0.322 e. The standard InChI is InChI=1S/C11H13FN2O3S.C11H12FNO4S/c12-8-3-5-9(6-4-8)18(16,17)14-7-1-2-10(14)11(13)15;12-8-3-5-9(6-4-8)18(16,17)13-7-1-2-10(13)11(14)15/h3-6,10H,1-2,7H2,(H2,13,15);3-6,10H,1-2,7H2,(H,14,15)/t2*10-/m00/s1. The highest BCUT2D eigenvalue weighted by Gasteiger charge is 2.40. The van der Waals surface area contributed by atoms with Gasteiger partial charge in [-0.3, -0.25) is 9.59 Å². The number of hydrogen-bond donors (Lipinski definition) is 2. The van der Waals surface area contributed by atoms with Crippen molar-refractivity contribution in [1.29, 1.82) is 0 Å². The lowest BCUT2D eigenvalue weighted by molar-refractivity contribution is -0.140. The zero-order chi connectivity index (χ0) is 26.7. The molecule has 1 amide bonds. The van der Waals surface area contributed by atoms with Crippen molar-refractivity contribution in [3.63, 3.8) is 0 Å². The van der Waals surface area contributed by atoms with Crippen molar-refractivity contribution in [2.75, 3.05) is 13.1 Å². The summed E-state index contributed by atoms with van der Waals surface area (Å²) in [6.45, 7) is 0.435. The van der Waals surface area contributed by atoms with Gasteiger partial charge in [0.25, 0.3) is 0 Å². The van der Waals surface area contributed by atoms with Gasteiger partial charge in [0, 0.05) is 13.1 Å². The molecule has 2 aromatic carbocycles. The molecule has 2 fully saturated rings. The van der Waals surface area contributed by atoms with Gasteiger partial charge in [0.2, 0.25) is 26.0 Å². The van der Waals surface area contributed by atoms with E-state index in [0.717, 1.165) is 45.0 Å². The van der Waals surface area contributed by atoms with Crippen molar-refractivity contribution in [1.82, 2.24) is 8.61 Å². The van der Waals surface area contributed by atoms with Crippen LogP contribution in [0.15, 0.2) is 58.3 Å². The number of amides is 1. The SMILES string of the molecule is NC(=O)[C@@H]1CCCN1S(=O)(=O)c1ccc(F)cc1.O=C(O)[C@@H]1CCCN1S(=O)(=O)c1ccc(F)cc1. The predicted octanol–water partition coefficient (Wildman–Crippen LogP) is 1.53. The highest BCUT2D eigenvalue weighted by Crippen LogP contribution is 2.27. The average molecular weight is 546 g/mol. The van der Waals surface area contributed by atoms with E-state index in [0.29, 0.717) is 25.7 Å². The number of aliphatic carboxylic acids is 1. The van der Waals surface area contributed by atoms with Crippen molar-refractivity contribution >= 4 is 31.9 Å². The summed E-state index contributed by atoms with van der Waals surface area (Å²) in [5.74, 6) is -2.86. The molecule has 2 aromatic rings. The predicted molar refractivity (Wildman–Crippen MR) is 123 cm³/mol. The third-order valence-corrected chi connectivity index (χ3v) is 9.71. The van der Waals surface area contributed by atoms with Gasteiger partial charge in [-0.15, -0.1) is 0 Å². The van der Waals surface area contributed by atoms with Crippen LogP contribution in [0.3, 0.4) is 0 Å². The van der Waals surface area contributed by atoms with Gasteiger partial charge in [0.05, 0.1) is 9.79 Å². The number of halogens is 2. The molecular formula is C22H25F2N3O7S2. The molecule has 2 atom stereocenters. The Labute approximate surface area is 207 Å². The lowest BCUT2D eigenvalue weighted by atomic mass is 10.2. The largest absolute Gasteiger partial charge is 0.480 e. The zero-order valence-corrected chi connectivity index (χ0v) is 20.6.